The van der Waals surface area contributed by atoms with Gasteiger partial charge in [0.2, 0.25) is 21.8 Å². The number of benzene rings is 2. The molecule has 0 fully saturated rings. The van der Waals surface area contributed by atoms with Gasteiger partial charge < -0.3 is 10.2 Å². The van der Waals surface area contributed by atoms with E-state index < -0.39 is 28.5 Å². The molecule has 2 rings (SSSR count). The van der Waals surface area contributed by atoms with Crippen LogP contribution in [0.5, 0.6) is 0 Å². The van der Waals surface area contributed by atoms with Crippen LogP contribution in [-0.4, -0.2) is 50.0 Å². The molecule has 34 heavy (non-hydrogen) atoms. The van der Waals surface area contributed by atoms with E-state index in [0.717, 1.165) is 20.6 Å². The number of nitrogens with zero attached hydrogens (tertiary/aromatic N) is 2. The summed E-state index contributed by atoms with van der Waals surface area (Å²) in [5.41, 5.74) is 1.02. The Kier molecular flexibility index (Phi) is 10.5. The molecule has 11 heteroatoms. The van der Waals surface area contributed by atoms with Crippen molar-refractivity contribution in [2.24, 2.45) is 0 Å². The Morgan fingerprint density at radius 2 is 1.68 bits per heavy atom. The first-order valence-corrected chi connectivity index (χ1v) is 14.3. The van der Waals surface area contributed by atoms with Crippen LogP contribution in [0.25, 0.3) is 0 Å². The van der Waals surface area contributed by atoms with Gasteiger partial charge in [0.05, 0.1) is 22.0 Å². The quantitative estimate of drug-likeness (QED) is 0.382. The number of halogens is 3. The van der Waals surface area contributed by atoms with E-state index in [9.17, 15) is 18.0 Å². The standard InChI is InChI=1S/C23H28Cl2IN3O4S/c1-5-15(2)27-23(31)16(3)28(13-17-6-11-20(24)21(25)12-17)22(30)14-29(34(4,32)33)19-9-7-18(26)8-10-19/h6-12,15-16H,5,13-14H2,1-4H3,(H,27,31). The van der Waals surface area contributed by atoms with Crippen LogP contribution in [0.2, 0.25) is 10.0 Å². The predicted octanol–water partition coefficient (Wildman–Crippen LogP) is 4.70. The summed E-state index contributed by atoms with van der Waals surface area (Å²) in [6.45, 7) is 5.02. The molecule has 0 aliphatic heterocycles. The third-order valence-electron chi connectivity index (χ3n) is 5.30. The highest BCUT2D eigenvalue weighted by Gasteiger charge is 2.30. The molecule has 186 valence electrons. The summed E-state index contributed by atoms with van der Waals surface area (Å²) in [6, 6.07) is 10.8. The maximum atomic E-state index is 13.5. The van der Waals surface area contributed by atoms with Crippen LogP contribution in [0.1, 0.15) is 32.8 Å². The Labute approximate surface area is 225 Å². The Hall–Kier alpha value is -1.56. The van der Waals surface area contributed by atoms with Crippen molar-refractivity contribution in [3.05, 3.63) is 61.6 Å². The number of carbonyl (C=O) groups is 2. The number of anilines is 1. The molecule has 0 aliphatic carbocycles. The maximum absolute atomic E-state index is 13.5. The monoisotopic (exact) mass is 639 g/mol. The Balaban J connectivity index is 2.40. The minimum atomic E-state index is -3.77. The molecule has 2 aromatic carbocycles. The number of nitrogens with one attached hydrogen (secondary N) is 1. The van der Waals surface area contributed by atoms with E-state index in [2.05, 4.69) is 27.9 Å². The van der Waals surface area contributed by atoms with Gasteiger partial charge in [0.1, 0.15) is 12.6 Å². The SMILES string of the molecule is CCC(C)NC(=O)C(C)N(Cc1ccc(Cl)c(Cl)c1)C(=O)CN(c1ccc(I)cc1)S(C)(=O)=O. The number of hydrogen-bond acceptors (Lipinski definition) is 4. The second-order valence-corrected chi connectivity index (χ2v) is 12.0. The Bertz CT molecular complexity index is 1130. The van der Waals surface area contributed by atoms with Crippen LogP contribution in [0.15, 0.2) is 42.5 Å². The van der Waals surface area contributed by atoms with Crippen molar-refractivity contribution in [1.82, 2.24) is 10.2 Å². The summed E-state index contributed by atoms with van der Waals surface area (Å²) in [6.07, 6.45) is 1.77. The fourth-order valence-corrected chi connectivity index (χ4v) is 4.63. The first-order valence-electron chi connectivity index (χ1n) is 10.6. The lowest BCUT2D eigenvalue weighted by atomic mass is 10.1. The number of carbonyl (C=O) groups excluding carboxylic acids is 2. The fourth-order valence-electron chi connectivity index (χ4n) is 3.10. The van der Waals surface area contributed by atoms with Crippen molar-refractivity contribution in [2.75, 3.05) is 17.1 Å². The van der Waals surface area contributed by atoms with Crippen molar-refractivity contribution in [3.8, 4) is 0 Å². The van der Waals surface area contributed by atoms with Crippen molar-refractivity contribution >= 4 is 73.3 Å². The third kappa shape index (κ3) is 8.00. The van der Waals surface area contributed by atoms with Gasteiger partial charge in [0.25, 0.3) is 0 Å². The molecule has 0 saturated heterocycles. The lowest BCUT2D eigenvalue weighted by Crippen LogP contribution is -2.52. The summed E-state index contributed by atoms with van der Waals surface area (Å²) >= 11 is 14.3. The van der Waals surface area contributed by atoms with Crippen LogP contribution >= 0.6 is 45.8 Å². The fraction of sp³-hybridized carbons (Fsp3) is 0.391. The van der Waals surface area contributed by atoms with E-state index in [-0.39, 0.29) is 18.5 Å². The highest BCUT2D eigenvalue weighted by Crippen LogP contribution is 2.24. The van der Waals surface area contributed by atoms with Crippen LogP contribution in [0, 0.1) is 3.57 Å². The molecule has 0 bridgehead atoms. The highest BCUT2D eigenvalue weighted by molar-refractivity contribution is 14.1. The predicted molar refractivity (Wildman–Crippen MR) is 146 cm³/mol. The van der Waals surface area contributed by atoms with E-state index >= 15 is 0 Å². The topological polar surface area (TPSA) is 86.8 Å². The van der Waals surface area contributed by atoms with E-state index in [1.165, 1.54) is 4.90 Å². The van der Waals surface area contributed by atoms with Gasteiger partial charge in [-0.2, -0.15) is 0 Å². The average Bonchev–Trinajstić information content (AvgIpc) is 2.77. The smallest absolute Gasteiger partial charge is 0.244 e. The van der Waals surface area contributed by atoms with Gasteiger partial charge in [-0.3, -0.25) is 13.9 Å². The van der Waals surface area contributed by atoms with Crippen LogP contribution in [-0.2, 0) is 26.2 Å². The van der Waals surface area contributed by atoms with E-state index in [1.807, 2.05) is 13.8 Å². The second-order valence-electron chi connectivity index (χ2n) is 8.01. The van der Waals surface area contributed by atoms with Gasteiger partial charge >= 0.3 is 0 Å². The molecule has 2 aromatic rings. The molecule has 0 saturated carbocycles. The normalized spacial score (nSPS) is 13.1. The van der Waals surface area contributed by atoms with Crippen molar-refractivity contribution in [1.29, 1.82) is 0 Å². The molecule has 7 nitrogen and oxygen atoms in total. The summed E-state index contributed by atoms with van der Waals surface area (Å²) in [7, 11) is -3.77. The maximum Gasteiger partial charge on any atom is 0.244 e. The van der Waals surface area contributed by atoms with Crippen LogP contribution in [0.3, 0.4) is 0 Å². The minimum Gasteiger partial charge on any atom is -0.352 e. The summed E-state index contributed by atoms with van der Waals surface area (Å²) in [5, 5.41) is 3.57. The van der Waals surface area contributed by atoms with Crippen LogP contribution in [0.4, 0.5) is 5.69 Å². The van der Waals surface area contributed by atoms with Crippen molar-refractivity contribution in [3.63, 3.8) is 0 Å². The van der Waals surface area contributed by atoms with Gasteiger partial charge in [-0.05, 0) is 84.8 Å². The van der Waals surface area contributed by atoms with E-state index in [4.69, 9.17) is 23.2 Å². The zero-order chi connectivity index (χ0) is 25.6. The summed E-state index contributed by atoms with van der Waals surface area (Å²) in [4.78, 5) is 27.7. The number of rotatable bonds is 10. The second kappa shape index (κ2) is 12.4. The number of hydrogen-bond donors (Lipinski definition) is 1. The molecule has 0 radical (unpaired) electrons. The van der Waals surface area contributed by atoms with Gasteiger partial charge in [0, 0.05) is 16.2 Å². The molecular weight excluding hydrogens is 612 g/mol. The van der Waals surface area contributed by atoms with E-state index in [1.54, 1.807) is 49.4 Å². The van der Waals surface area contributed by atoms with Crippen molar-refractivity contribution < 1.29 is 18.0 Å². The molecule has 2 atom stereocenters. The van der Waals surface area contributed by atoms with Crippen molar-refractivity contribution in [2.45, 2.75) is 45.8 Å². The molecule has 1 N–H and O–H groups in total. The Morgan fingerprint density at radius 3 is 2.21 bits per heavy atom. The molecule has 0 aromatic heterocycles. The zero-order valence-corrected chi connectivity index (χ0v) is 23.9. The van der Waals surface area contributed by atoms with Crippen LogP contribution < -0.4 is 9.62 Å². The number of sulfonamides is 1. The first kappa shape index (κ1) is 28.7. The molecular formula is C23H28Cl2IN3O4S. The van der Waals surface area contributed by atoms with Gasteiger partial charge in [-0.15, -0.1) is 0 Å². The van der Waals surface area contributed by atoms with Gasteiger partial charge in [-0.1, -0.05) is 36.2 Å². The lowest BCUT2D eigenvalue weighted by molar-refractivity contribution is -0.139. The largest absolute Gasteiger partial charge is 0.352 e. The molecule has 0 aliphatic rings. The Morgan fingerprint density at radius 1 is 1.06 bits per heavy atom. The molecule has 0 heterocycles. The van der Waals surface area contributed by atoms with E-state index in [0.29, 0.717) is 21.3 Å². The highest BCUT2D eigenvalue weighted by atomic mass is 127. The summed E-state index contributed by atoms with van der Waals surface area (Å²) < 4.78 is 27.1. The summed E-state index contributed by atoms with van der Waals surface area (Å²) in [5.74, 6) is -0.857. The van der Waals surface area contributed by atoms with Gasteiger partial charge in [-0.25, -0.2) is 8.42 Å². The molecule has 2 amide bonds. The third-order valence-corrected chi connectivity index (χ3v) is 7.90. The van der Waals surface area contributed by atoms with Gasteiger partial charge in [0.15, 0.2) is 0 Å². The first-order chi connectivity index (χ1) is 15.8. The number of amides is 2. The molecule has 0 spiro atoms. The minimum absolute atomic E-state index is 0.0507. The zero-order valence-electron chi connectivity index (χ0n) is 19.4. The lowest BCUT2D eigenvalue weighted by Gasteiger charge is -2.32. The average molecular weight is 640 g/mol. The molecule has 2 unspecified atom stereocenters.